The molecule has 0 atom stereocenters. The zero-order valence-electron chi connectivity index (χ0n) is 24.5. The third kappa shape index (κ3) is 40.1. The Morgan fingerprint density at radius 1 is 0.333 bits per heavy atom. The number of carboxylic acids is 2. The van der Waals surface area contributed by atoms with Crippen LogP contribution in [0.2, 0.25) is 0 Å². The van der Waals surface area contributed by atoms with E-state index in [4.69, 9.17) is 10.2 Å². The van der Waals surface area contributed by atoms with Crippen molar-refractivity contribution in [2.24, 2.45) is 0 Å². The van der Waals surface area contributed by atoms with Gasteiger partial charge in [-0.2, -0.15) is 0 Å². The second kappa shape index (κ2) is 33.9. The summed E-state index contributed by atoms with van der Waals surface area (Å²) in [5.41, 5.74) is 0. The van der Waals surface area contributed by atoms with Crippen LogP contribution in [0.15, 0.2) is 0 Å². The standard InChI is InChI=1S/C18H36O2.C14H28O2/c1-2-3-4-5-6-7-8-9-10-11-12-13-14-15-16-17-18(19)20;1-2-3-4-5-6-7-8-9-10-11-12-13-14(15)16/h2-17H2,1H3,(H,19,20);2-13H2,1H3,(H,15,16). The van der Waals surface area contributed by atoms with Crippen molar-refractivity contribution in [1.29, 1.82) is 0 Å². The van der Waals surface area contributed by atoms with Crippen LogP contribution in [0, 0.1) is 0 Å². The van der Waals surface area contributed by atoms with Crippen LogP contribution < -0.4 is 0 Å². The normalized spacial score (nSPS) is 10.7. The lowest BCUT2D eigenvalue weighted by molar-refractivity contribution is -0.138. The molecule has 0 heterocycles. The van der Waals surface area contributed by atoms with Crippen molar-refractivity contribution >= 4 is 11.9 Å². The molecule has 4 nitrogen and oxygen atoms in total. The van der Waals surface area contributed by atoms with E-state index in [9.17, 15) is 9.59 Å². The Labute approximate surface area is 225 Å². The fourth-order valence-electron chi connectivity index (χ4n) is 4.59. The van der Waals surface area contributed by atoms with Crippen LogP contribution in [0.4, 0.5) is 0 Å². The van der Waals surface area contributed by atoms with E-state index in [0.717, 1.165) is 25.7 Å². The molecule has 216 valence electrons. The number of hydrogen-bond acceptors (Lipinski definition) is 2. The monoisotopic (exact) mass is 512 g/mol. The van der Waals surface area contributed by atoms with Gasteiger partial charge in [-0.1, -0.05) is 168 Å². The van der Waals surface area contributed by atoms with Crippen molar-refractivity contribution in [2.75, 3.05) is 0 Å². The molecule has 0 aromatic heterocycles. The summed E-state index contributed by atoms with van der Waals surface area (Å²) in [4.78, 5) is 20.6. The summed E-state index contributed by atoms with van der Waals surface area (Å²) in [6.07, 6.45) is 34.6. The van der Waals surface area contributed by atoms with Gasteiger partial charge in [-0.25, -0.2) is 0 Å². The lowest BCUT2D eigenvalue weighted by Gasteiger charge is -2.03. The van der Waals surface area contributed by atoms with Gasteiger partial charge >= 0.3 is 11.9 Å². The van der Waals surface area contributed by atoms with Crippen molar-refractivity contribution in [3.05, 3.63) is 0 Å². The summed E-state index contributed by atoms with van der Waals surface area (Å²) < 4.78 is 0. The minimum Gasteiger partial charge on any atom is -0.481 e. The van der Waals surface area contributed by atoms with E-state index in [2.05, 4.69) is 13.8 Å². The molecule has 0 fully saturated rings. The lowest BCUT2D eigenvalue weighted by atomic mass is 10.0. The minimum atomic E-state index is -0.657. The fraction of sp³-hybridized carbons (Fsp3) is 0.938. The smallest absolute Gasteiger partial charge is 0.303 e. The molecule has 0 aromatic rings. The van der Waals surface area contributed by atoms with Crippen molar-refractivity contribution in [1.82, 2.24) is 0 Å². The van der Waals surface area contributed by atoms with Gasteiger partial charge in [0.15, 0.2) is 0 Å². The van der Waals surface area contributed by atoms with Crippen molar-refractivity contribution < 1.29 is 19.8 Å². The van der Waals surface area contributed by atoms with E-state index in [1.165, 1.54) is 141 Å². The van der Waals surface area contributed by atoms with Crippen molar-refractivity contribution in [3.8, 4) is 0 Å². The summed E-state index contributed by atoms with van der Waals surface area (Å²) in [7, 11) is 0. The first-order valence-electron chi connectivity index (χ1n) is 16.0. The Balaban J connectivity index is 0. The molecule has 0 aliphatic carbocycles. The van der Waals surface area contributed by atoms with Gasteiger partial charge in [-0.05, 0) is 12.8 Å². The molecule has 2 N–H and O–H groups in total. The van der Waals surface area contributed by atoms with E-state index in [-0.39, 0.29) is 0 Å². The molecule has 0 radical (unpaired) electrons. The lowest BCUT2D eigenvalue weighted by Crippen LogP contribution is -1.93. The number of hydrogen-bond donors (Lipinski definition) is 2. The number of unbranched alkanes of at least 4 members (excludes halogenated alkanes) is 24. The average molecular weight is 513 g/mol. The van der Waals surface area contributed by atoms with Gasteiger partial charge in [-0.3, -0.25) is 9.59 Å². The number of carbonyl (C=O) groups is 2. The Morgan fingerprint density at radius 3 is 0.667 bits per heavy atom. The predicted octanol–water partition coefficient (Wildman–Crippen LogP) is 11.1. The number of rotatable bonds is 28. The summed E-state index contributed by atoms with van der Waals surface area (Å²) >= 11 is 0. The summed E-state index contributed by atoms with van der Waals surface area (Å²) in [6, 6.07) is 0. The maximum absolute atomic E-state index is 10.3. The molecular formula is C32H64O4. The van der Waals surface area contributed by atoms with Gasteiger partial charge in [0.25, 0.3) is 0 Å². The zero-order valence-corrected chi connectivity index (χ0v) is 24.5. The fourth-order valence-corrected chi connectivity index (χ4v) is 4.59. The molecule has 0 rings (SSSR count). The second-order valence-corrected chi connectivity index (χ2v) is 10.8. The molecule has 0 bridgehead atoms. The summed E-state index contributed by atoms with van der Waals surface area (Å²) in [6.45, 7) is 4.52. The maximum atomic E-state index is 10.3. The van der Waals surface area contributed by atoms with Crippen LogP contribution in [0.1, 0.15) is 194 Å². The first kappa shape index (κ1) is 37.1. The van der Waals surface area contributed by atoms with Gasteiger partial charge < -0.3 is 10.2 Å². The minimum absolute atomic E-state index is 0.344. The van der Waals surface area contributed by atoms with Crippen LogP contribution in [0.5, 0.6) is 0 Å². The zero-order chi connectivity index (χ0) is 27.0. The third-order valence-electron chi connectivity index (χ3n) is 6.99. The molecule has 0 aliphatic rings. The Hall–Kier alpha value is -1.06. The molecule has 36 heavy (non-hydrogen) atoms. The van der Waals surface area contributed by atoms with Crippen LogP contribution in [-0.2, 0) is 9.59 Å². The van der Waals surface area contributed by atoms with E-state index in [1.54, 1.807) is 0 Å². The van der Waals surface area contributed by atoms with Crippen LogP contribution in [-0.4, -0.2) is 22.2 Å². The molecule has 0 aliphatic heterocycles. The van der Waals surface area contributed by atoms with Crippen molar-refractivity contribution in [2.45, 2.75) is 194 Å². The van der Waals surface area contributed by atoms with Crippen LogP contribution >= 0.6 is 0 Å². The first-order chi connectivity index (χ1) is 17.5. The first-order valence-corrected chi connectivity index (χ1v) is 16.0. The van der Waals surface area contributed by atoms with Gasteiger partial charge in [0.05, 0.1) is 0 Å². The van der Waals surface area contributed by atoms with Gasteiger partial charge in [0, 0.05) is 12.8 Å². The maximum Gasteiger partial charge on any atom is 0.303 e. The highest BCUT2D eigenvalue weighted by molar-refractivity contribution is 5.66. The number of aliphatic carboxylic acids is 2. The molecule has 4 heteroatoms. The Morgan fingerprint density at radius 2 is 0.500 bits per heavy atom. The second-order valence-electron chi connectivity index (χ2n) is 10.8. The molecule has 0 unspecified atom stereocenters. The van der Waals surface area contributed by atoms with E-state index in [1.807, 2.05) is 0 Å². The molecular weight excluding hydrogens is 448 g/mol. The summed E-state index contributed by atoms with van der Waals surface area (Å²) in [5.74, 6) is -1.31. The van der Waals surface area contributed by atoms with E-state index in [0.29, 0.717) is 12.8 Å². The Bertz CT molecular complexity index is 436. The van der Waals surface area contributed by atoms with E-state index < -0.39 is 11.9 Å². The van der Waals surface area contributed by atoms with Gasteiger partial charge in [0.2, 0.25) is 0 Å². The SMILES string of the molecule is CCCCCCCCCCCCCC(=O)O.CCCCCCCCCCCCCCCCCC(=O)O. The topological polar surface area (TPSA) is 74.6 Å². The average Bonchev–Trinajstić information content (AvgIpc) is 2.85. The highest BCUT2D eigenvalue weighted by Gasteiger charge is 1.98. The largest absolute Gasteiger partial charge is 0.481 e. The molecule has 0 amide bonds. The van der Waals surface area contributed by atoms with Gasteiger partial charge in [-0.15, -0.1) is 0 Å². The molecule has 0 saturated heterocycles. The van der Waals surface area contributed by atoms with Crippen molar-refractivity contribution in [3.63, 3.8) is 0 Å². The molecule has 0 saturated carbocycles. The highest BCUT2D eigenvalue weighted by atomic mass is 16.4. The third-order valence-corrected chi connectivity index (χ3v) is 6.99. The molecule has 0 spiro atoms. The quantitative estimate of drug-likeness (QED) is 0.102. The highest BCUT2D eigenvalue weighted by Crippen LogP contribution is 2.14. The van der Waals surface area contributed by atoms with Crippen LogP contribution in [0.3, 0.4) is 0 Å². The number of carboxylic acid groups (broad SMARTS) is 2. The molecule has 0 aromatic carbocycles. The summed E-state index contributed by atoms with van der Waals surface area (Å²) in [5, 5.41) is 17.0. The van der Waals surface area contributed by atoms with Crippen LogP contribution in [0.25, 0.3) is 0 Å². The Kier molecular flexibility index (Phi) is 35.0. The predicted molar refractivity (Wildman–Crippen MR) is 156 cm³/mol. The van der Waals surface area contributed by atoms with Gasteiger partial charge in [0.1, 0.15) is 0 Å². The van der Waals surface area contributed by atoms with E-state index >= 15 is 0 Å².